The number of rotatable bonds is 8. The molecule has 0 fully saturated rings. The summed E-state index contributed by atoms with van der Waals surface area (Å²) in [5, 5.41) is 6.02. The third kappa shape index (κ3) is 11.4. The molecule has 0 saturated heterocycles. The quantitative estimate of drug-likeness (QED) is 0.310. The van der Waals surface area contributed by atoms with E-state index in [9.17, 15) is 21.6 Å². The second kappa shape index (κ2) is 11.7. The molecule has 0 radical (unpaired) electrons. The highest BCUT2D eigenvalue weighted by Crippen LogP contribution is 2.15. The van der Waals surface area contributed by atoms with Gasteiger partial charge in [-0.25, -0.2) is 8.42 Å². The fraction of sp³-hybridized carbons (Fsp3) is 0.562. The van der Waals surface area contributed by atoms with E-state index < -0.39 is 22.6 Å². The molecule has 0 spiro atoms. The fourth-order valence-corrected chi connectivity index (χ4v) is 2.83. The van der Waals surface area contributed by atoms with Crippen LogP contribution in [0.25, 0.3) is 0 Å². The summed E-state index contributed by atoms with van der Waals surface area (Å²) in [5.41, 5.74) is 0.963. The van der Waals surface area contributed by atoms with Gasteiger partial charge in [0.05, 0.1) is 11.4 Å². The number of likely N-dealkylation sites (N-methyl/N-ethyl adjacent to an activating group) is 1. The lowest BCUT2D eigenvalue weighted by molar-refractivity contribution is -0.142. The summed E-state index contributed by atoms with van der Waals surface area (Å²) in [7, 11) is -0.218. The highest BCUT2D eigenvalue weighted by atomic mass is 127. The lowest BCUT2D eigenvalue weighted by Gasteiger charge is -2.19. The minimum absolute atomic E-state index is 0. The molecule has 0 aromatic heterocycles. The van der Waals surface area contributed by atoms with Crippen LogP contribution in [0.5, 0.6) is 0 Å². The predicted octanol–water partition coefficient (Wildman–Crippen LogP) is 1.91. The van der Waals surface area contributed by atoms with Crippen LogP contribution in [0, 0.1) is 0 Å². The van der Waals surface area contributed by atoms with E-state index in [1.165, 1.54) is 11.9 Å². The van der Waals surface area contributed by atoms with Gasteiger partial charge in [0.2, 0.25) is 0 Å². The van der Waals surface area contributed by atoms with Crippen molar-refractivity contribution in [3.63, 3.8) is 0 Å². The van der Waals surface area contributed by atoms with E-state index in [1.807, 2.05) is 0 Å². The molecule has 0 heterocycles. The lowest BCUT2D eigenvalue weighted by Crippen LogP contribution is -2.42. The van der Waals surface area contributed by atoms with E-state index in [4.69, 9.17) is 0 Å². The van der Waals surface area contributed by atoms with Crippen molar-refractivity contribution >= 4 is 39.8 Å². The Bertz CT molecular complexity index is 695. The molecular weight excluding hydrogens is 496 g/mol. The number of aliphatic imine (C=N–C) groups is 1. The van der Waals surface area contributed by atoms with Crippen molar-refractivity contribution < 1.29 is 21.6 Å². The average molecular weight is 522 g/mol. The Balaban J connectivity index is 0.00000676. The number of nitrogens with zero attached hydrogens (tertiary/aromatic N) is 2. The zero-order valence-electron chi connectivity index (χ0n) is 15.5. The first-order valence-electron chi connectivity index (χ1n) is 8.00. The summed E-state index contributed by atoms with van der Waals surface area (Å²) < 4.78 is 59.6. The standard InChI is InChI=1S/C16H25F3N4O2S.HI/c1-20-15(22-10-11-23(2)12-16(17,18)19)21-9-8-13-4-6-14(7-5-13)26(3,24)25;/h4-7H,8-12H2,1-3H3,(H2,20,21,22);1H. The highest BCUT2D eigenvalue weighted by Gasteiger charge is 2.28. The molecular formula is C16H26F3IN4O2S. The van der Waals surface area contributed by atoms with Crippen LogP contribution in [-0.2, 0) is 16.3 Å². The summed E-state index contributed by atoms with van der Waals surface area (Å²) in [5.74, 6) is 0.498. The van der Waals surface area contributed by atoms with Crippen LogP contribution in [0.2, 0.25) is 0 Å². The number of sulfone groups is 1. The van der Waals surface area contributed by atoms with Crippen molar-refractivity contribution in [3.8, 4) is 0 Å². The van der Waals surface area contributed by atoms with Gasteiger partial charge in [-0.3, -0.25) is 9.89 Å². The second-order valence-corrected chi connectivity index (χ2v) is 7.96. The molecule has 1 rings (SSSR count). The van der Waals surface area contributed by atoms with E-state index in [0.29, 0.717) is 25.5 Å². The Morgan fingerprint density at radius 1 is 1.15 bits per heavy atom. The van der Waals surface area contributed by atoms with Crippen LogP contribution in [0.15, 0.2) is 34.2 Å². The maximum atomic E-state index is 12.2. The molecule has 0 aliphatic carbocycles. The first-order valence-corrected chi connectivity index (χ1v) is 9.89. The Labute approximate surface area is 175 Å². The van der Waals surface area contributed by atoms with Crippen molar-refractivity contribution in [2.45, 2.75) is 17.5 Å². The van der Waals surface area contributed by atoms with Gasteiger partial charge in [-0.05, 0) is 31.2 Å². The van der Waals surface area contributed by atoms with Crippen LogP contribution in [-0.4, -0.2) is 72.0 Å². The van der Waals surface area contributed by atoms with Gasteiger partial charge in [0.1, 0.15) is 0 Å². The number of nitrogens with one attached hydrogen (secondary N) is 2. The molecule has 0 bridgehead atoms. The van der Waals surface area contributed by atoms with Crippen molar-refractivity contribution in [2.75, 3.05) is 46.5 Å². The minimum atomic E-state index is -4.21. The topological polar surface area (TPSA) is 73.8 Å². The van der Waals surface area contributed by atoms with E-state index in [-0.39, 0.29) is 35.4 Å². The Hall–Kier alpha value is -1.08. The monoisotopic (exact) mass is 522 g/mol. The van der Waals surface area contributed by atoms with Crippen LogP contribution in [0.4, 0.5) is 13.2 Å². The van der Waals surface area contributed by atoms with Gasteiger partial charge >= 0.3 is 6.18 Å². The normalized spacial score (nSPS) is 12.6. The van der Waals surface area contributed by atoms with E-state index in [0.717, 1.165) is 11.8 Å². The van der Waals surface area contributed by atoms with Crippen molar-refractivity contribution in [3.05, 3.63) is 29.8 Å². The van der Waals surface area contributed by atoms with Crippen molar-refractivity contribution in [1.82, 2.24) is 15.5 Å². The molecule has 156 valence electrons. The molecule has 6 nitrogen and oxygen atoms in total. The first-order chi connectivity index (χ1) is 12.0. The number of benzene rings is 1. The number of hydrogen-bond acceptors (Lipinski definition) is 4. The minimum Gasteiger partial charge on any atom is -0.356 e. The first kappa shape index (κ1) is 25.9. The van der Waals surface area contributed by atoms with E-state index >= 15 is 0 Å². The Morgan fingerprint density at radius 2 is 1.70 bits per heavy atom. The smallest absolute Gasteiger partial charge is 0.356 e. The highest BCUT2D eigenvalue weighted by molar-refractivity contribution is 14.0. The maximum absolute atomic E-state index is 12.2. The fourth-order valence-electron chi connectivity index (χ4n) is 2.20. The maximum Gasteiger partial charge on any atom is 0.401 e. The van der Waals surface area contributed by atoms with Crippen molar-refractivity contribution in [1.29, 1.82) is 0 Å². The van der Waals surface area contributed by atoms with Crippen molar-refractivity contribution in [2.24, 2.45) is 4.99 Å². The van der Waals surface area contributed by atoms with Crippen LogP contribution < -0.4 is 10.6 Å². The zero-order valence-corrected chi connectivity index (χ0v) is 18.7. The summed E-state index contributed by atoms with van der Waals surface area (Å²) in [6.07, 6.45) is -2.40. The lowest BCUT2D eigenvalue weighted by atomic mass is 10.1. The van der Waals surface area contributed by atoms with Gasteiger partial charge in [0, 0.05) is 32.9 Å². The molecule has 0 amide bonds. The average Bonchev–Trinajstić information content (AvgIpc) is 2.51. The third-order valence-corrected chi connectivity index (χ3v) is 4.64. The molecule has 2 N–H and O–H groups in total. The Morgan fingerprint density at radius 3 is 2.19 bits per heavy atom. The summed E-state index contributed by atoms with van der Waals surface area (Å²) in [6.45, 7) is 0.156. The molecule has 0 aliphatic rings. The number of alkyl halides is 3. The van der Waals surface area contributed by atoms with Gasteiger partial charge in [-0.2, -0.15) is 13.2 Å². The summed E-state index contributed by atoms with van der Waals surface area (Å²) in [6, 6.07) is 6.63. The molecule has 0 aliphatic heterocycles. The largest absolute Gasteiger partial charge is 0.401 e. The molecule has 0 atom stereocenters. The summed E-state index contributed by atoms with van der Waals surface area (Å²) >= 11 is 0. The number of guanidine groups is 1. The van der Waals surface area contributed by atoms with Gasteiger partial charge < -0.3 is 10.6 Å². The van der Waals surface area contributed by atoms with Crippen LogP contribution in [0.3, 0.4) is 0 Å². The zero-order chi connectivity index (χ0) is 19.8. The molecule has 0 saturated carbocycles. The second-order valence-electron chi connectivity index (χ2n) is 5.94. The van der Waals surface area contributed by atoms with Gasteiger partial charge in [-0.15, -0.1) is 24.0 Å². The number of hydrogen-bond donors (Lipinski definition) is 2. The molecule has 0 unspecified atom stereocenters. The molecule has 27 heavy (non-hydrogen) atoms. The van der Waals surface area contributed by atoms with Gasteiger partial charge in [0.15, 0.2) is 15.8 Å². The number of halogens is 4. The molecule has 1 aromatic carbocycles. The predicted molar refractivity (Wildman–Crippen MR) is 112 cm³/mol. The van der Waals surface area contributed by atoms with Gasteiger partial charge in [0.25, 0.3) is 0 Å². The Kier molecular flexibility index (Phi) is 11.2. The van der Waals surface area contributed by atoms with Crippen LogP contribution in [0.1, 0.15) is 5.56 Å². The SMILES string of the molecule is CN=C(NCCc1ccc(S(C)(=O)=O)cc1)NCCN(C)CC(F)(F)F.I. The molecule has 11 heteroatoms. The van der Waals surface area contributed by atoms with Crippen LogP contribution >= 0.6 is 24.0 Å². The van der Waals surface area contributed by atoms with E-state index in [2.05, 4.69) is 15.6 Å². The van der Waals surface area contributed by atoms with Gasteiger partial charge in [-0.1, -0.05) is 12.1 Å². The molecule has 1 aromatic rings. The summed E-state index contributed by atoms with van der Waals surface area (Å²) in [4.78, 5) is 5.47. The third-order valence-electron chi connectivity index (χ3n) is 3.52. The van der Waals surface area contributed by atoms with E-state index in [1.54, 1.807) is 31.3 Å².